The first-order chi connectivity index (χ1) is 68.8. The molecule has 7 aromatic carbocycles. The van der Waals surface area contributed by atoms with Gasteiger partial charge in [0.15, 0.2) is 40.5 Å². The largest absolute Gasteiger partial charge is 0.508 e. The summed E-state index contributed by atoms with van der Waals surface area (Å²) in [5.41, 5.74) is 32.4. The average molecular weight is 1940 g/mol. The number of halogens is 1. The van der Waals surface area contributed by atoms with Crippen molar-refractivity contribution < 1.29 is 63.5 Å². The second kappa shape index (κ2) is 50.3. The number of carbonyl (C=O) groups is 7. The Morgan fingerprint density at radius 1 is 0.306 bits per heavy atom. The highest BCUT2D eigenvalue weighted by Crippen LogP contribution is 2.53. The summed E-state index contributed by atoms with van der Waals surface area (Å²) in [5.74, 6) is 6.43. The molecule has 0 aliphatic heterocycles. The maximum atomic E-state index is 14.6. The van der Waals surface area contributed by atoms with Gasteiger partial charge in [-0.3, -0.25) is 33.6 Å². The van der Waals surface area contributed by atoms with Crippen LogP contribution >= 0.6 is 0 Å². The molecule has 0 amide bonds. The molecule has 12 aliphatic carbocycles. The summed E-state index contributed by atoms with van der Waals surface area (Å²) in [6.45, 7) is 26.2. The maximum Gasteiger partial charge on any atom is 0.159 e. The van der Waals surface area contributed by atoms with Crippen LogP contribution in [0.25, 0.3) is 0 Å². The quantitative estimate of drug-likeness (QED) is 0.0217. The molecule has 19 rings (SSSR count). The molecule has 0 radical (unpaired) electrons. The van der Waals surface area contributed by atoms with E-state index in [1.807, 2.05) is 189 Å². The topological polar surface area (TPSA) is 247 Å². The Morgan fingerprint density at radius 3 is 0.833 bits per heavy atom. The van der Waals surface area contributed by atoms with E-state index < -0.39 is 0 Å². The third-order valence-corrected chi connectivity index (χ3v) is 29.0. The smallest absolute Gasteiger partial charge is 0.159 e. The number of carbonyl (C=O) groups excluding carboxylic acids is 7. The third-order valence-electron chi connectivity index (χ3n) is 29.0. The Balaban J connectivity index is 0.000000141. The predicted molar refractivity (Wildman–Crippen MR) is 582 cm³/mol. The molecule has 13 nitrogen and oxygen atoms in total. The van der Waals surface area contributed by atoms with Gasteiger partial charge >= 0.3 is 0 Å². The van der Waals surface area contributed by atoms with E-state index in [4.69, 9.17) is 5.73 Å². The Morgan fingerprint density at radius 2 is 0.549 bits per heavy atom. The zero-order valence-electron chi connectivity index (χ0n) is 87.2. The normalized spacial score (nSPS) is 16.6. The number of nitrogens with two attached hydrogens (primary N) is 1. The van der Waals surface area contributed by atoms with Crippen LogP contribution in [-0.2, 0) is 101 Å². The molecule has 5 saturated carbocycles. The van der Waals surface area contributed by atoms with E-state index >= 15 is 0 Å². The lowest BCUT2D eigenvalue weighted by molar-refractivity contribution is -0.116. The molecule has 0 heterocycles. The third kappa shape index (κ3) is 32.0. The lowest BCUT2D eigenvalue weighted by Crippen LogP contribution is -2.23. The number of Topliss-reactive ketones (excluding diaryl/α,β-unsaturated/α-hetero) is 7. The minimum absolute atomic E-state index is 0.0343. The van der Waals surface area contributed by atoms with Gasteiger partial charge in [0.2, 0.25) is 0 Å². The van der Waals surface area contributed by atoms with Crippen molar-refractivity contribution in [1.82, 2.24) is 0 Å². The summed E-state index contributed by atoms with van der Waals surface area (Å²) in [6.07, 6.45) is 67.2. The Labute approximate surface area is 855 Å². The zero-order valence-corrected chi connectivity index (χ0v) is 87.2. The van der Waals surface area contributed by atoms with E-state index in [-0.39, 0.29) is 68.5 Å². The van der Waals surface area contributed by atoms with Crippen molar-refractivity contribution in [2.45, 2.75) is 340 Å². The van der Waals surface area contributed by atoms with Gasteiger partial charge in [0.05, 0.1) is 0 Å². The van der Waals surface area contributed by atoms with Crippen LogP contribution in [0.2, 0.25) is 0 Å². The summed E-state index contributed by atoms with van der Waals surface area (Å²) in [4.78, 5) is 84.5. The van der Waals surface area contributed by atoms with Gasteiger partial charge in [-0.05, 0) is 376 Å². The molecule has 0 bridgehead atoms. The zero-order chi connectivity index (χ0) is 103. The van der Waals surface area contributed by atoms with Gasteiger partial charge in [0.25, 0.3) is 0 Å². The molecule has 0 unspecified atom stereocenters. The van der Waals surface area contributed by atoms with E-state index in [2.05, 4.69) is 106 Å². The summed E-state index contributed by atoms with van der Waals surface area (Å²) in [7, 11) is 0. The molecule has 12 aliphatic rings. The number of hydrogen-bond donors (Lipinski definition) is 6. The van der Waals surface area contributed by atoms with Crippen LogP contribution < -0.4 is 5.73 Å². The van der Waals surface area contributed by atoms with Crippen molar-refractivity contribution in [2.24, 2.45) is 5.73 Å². The van der Waals surface area contributed by atoms with Gasteiger partial charge < -0.3 is 31.3 Å². The molecule has 144 heavy (non-hydrogen) atoms. The van der Waals surface area contributed by atoms with Crippen molar-refractivity contribution in [1.29, 1.82) is 0 Å². The van der Waals surface area contributed by atoms with Crippen LogP contribution in [0.5, 0.6) is 28.7 Å². The molecule has 7 N–H and O–H groups in total. The predicted octanol–water partition coefficient (Wildman–Crippen LogP) is 29.4. The molecular weight excluding hydrogens is 1790 g/mol. The van der Waals surface area contributed by atoms with Gasteiger partial charge in [0, 0.05) is 51.5 Å². The lowest BCUT2D eigenvalue weighted by atomic mass is 9.75. The minimum atomic E-state index is -0.0952. The van der Waals surface area contributed by atoms with Gasteiger partial charge in [-0.15, -0.1) is 0 Å². The number of aromatic hydroxyl groups is 5. The van der Waals surface area contributed by atoms with E-state index in [1.165, 1.54) is 66.3 Å². The van der Waals surface area contributed by atoms with E-state index in [0.717, 1.165) is 227 Å². The first-order valence-corrected chi connectivity index (χ1v) is 52.9. The van der Waals surface area contributed by atoms with Crippen molar-refractivity contribution in [3.05, 3.63) is 382 Å². The van der Waals surface area contributed by atoms with E-state index in [1.54, 1.807) is 24.3 Å². The number of benzene rings is 7. The molecule has 7 aromatic rings. The fourth-order valence-corrected chi connectivity index (χ4v) is 19.4. The standard InChI is InChI=1S/C23H33NO.C20H21FO.C20H22O2.C18H22O2.C17H18O2.C17H20O2.C15H16O2/c1-22(2,3)19-13-16(11-12-21(25)17-9-7-8-10-17)14-20(18(19)15-24)23(4,5)6;21-20-17(14-6-7-14)11-13(12-18(20)15-8-9-15)5-10-19(22)16-3-1-2-4-16;21-19(16-3-1-2-4-16)10-5-13-11-17(14-6-7-14)20(22)18(12-13)15-8-9-15;1-18(2,3)15-12-13(9-11-17(15)20)8-10-16(19)14-6-4-5-7-14;18-16(14-3-1-2-4-14)9-5-12-6-10-17(19)15(11-12)13-7-8-13;1-12(2)15-11-13(8-10-17(15)19)7-9-16(18)14-5-3-4-6-14;1-11-10-12(6-8-14(11)16)7-9-15(17)13-4-2-3-5-13/h7-9,13-14H,10-12,15,24H2,1-6H3;1-3,11-12,14-15H,4-10H2;1-3,11-12,14-15,22H,4-10H2;4-6,9,11-12,20H,7-8,10H2,1-3H3;1-3,6,10-11,13,19H,4-5,7-9H2;3-5,8,10-12,19H,6-7,9H2,1-2H3;2-4,6,8,10,16H,5,7,9H2,1H3. The van der Waals surface area contributed by atoms with Gasteiger partial charge in [-0.2, -0.15) is 0 Å². The number of rotatable bonds is 35. The van der Waals surface area contributed by atoms with Crippen molar-refractivity contribution in [2.75, 3.05) is 0 Å². The van der Waals surface area contributed by atoms with E-state index in [9.17, 15) is 63.5 Å². The fraction of sp³-hybridized carbons (Fsp3) is 0.408. The van der Waals surface area contributed by atoms with Crippen LogP contribution in [0.1, 0.15) is 366 Å². The number of phenols is 5. The highest BCUT2D eigenvalue weighted by Gasteiger charge is 2.37. The number of phenolic OH excluding ortho intramolecular Hbond substituents is 5. The number of ketones is 7. The number of aryl methyl sites for hydroxylation is 8. The number of allylic oxidation sites excluding steroid dienone is 28. The molecule has 756 valence electrons. The summed E-state index contributed by atoms with van der Waals surface area (Å²) in [6, 6.07) is 35.4. The van der Waals surface area contributed by atoms with Gasteiger partial charge in [-0.25, -0.2) is 4.39 Å². The minimum Gasteiger partial charge on any atom is -0.508 e. The molecule has 5 fully saturated rings. The first-order valence-electron chi connectivity index (χ1n) is 52.9. The second-order valence-corrected chi connectivity index (χ2v) is 44.4. The summed E-state index contributed by atoms with van der Waals surface area (Å²) < 4.78 is 14.6. The monoisotopic (exact) mass is 1940 g/mol. The lowest BCUT2D eigenvalue weighted by Gasteiger charge is -2.31. The molecule has 0 atom stereocenters. The molecule has 0 aromatic heterocycles. The highest BCUT2D eigenvalue weighted by molar-refractivity contribution is 6.00. The van der Waals surface area contributed by atoms with Crippen LogP contribution in [-0.4, -0.2) is 66.0 Å². The second-order valence-electron chi connectivity index (χ2n) is 44.4. The van der Waals surface area contributed by atoms with Crippen LogP contribution in [0.4, 0.5) is 4.39 Å². The summed E-state index contributed by atoms with van der Waals surface area (Å²) >= 11 is 0. The van der Waals surface area contributed by atoms with Crippen LogP contribution in [0.15, 0.2) is 276 Å². The van der Waals surface area contributed by atoms with Crippen molar-refractivity contribution in [3.63, 3.8) is 0 Å². The Bertz CT molecular complexity index is 6060. The van der Waals surface area contributed by atoms with Gasteiger partial charge in [0.1, 0.15) is 34.6 Å². The number of hydrogen-bond acceptors (Lipinski definition) is 13. The first kappa shape index (κ1) is 109. The Kier molecular flexibility index (Phi) is 38.0. The average Bonchev–Trinajstić information content (AvgIpc) is 1.10. The highest BCUT2D eigenvalue weighted by atomic mass is 19.1. The summed E-state index contributed by atoms with van der Waals surface area (Å²) in [5, 5.41) is 49.4. The molecule has 0 saturated heterocycles. The molecule has 14 heteroatoms. The molecular formula is C130H152FNO12. The van der Waals surface area contributed by atoms with Crippen LogP contribution in [0, 0.1) is 12.7 Å². The van der Waals surface area contributed by atoms with Crippen molar-refractivity contribution in [3.8, 4) is 28.7 Å². The van der Waals surface area contributed by atoms with E-state index in [0.29, 0.717) is 110 Å². The Hall–Kier alpha value is -12.5. The SMILES string of the molecule is CC(C)(C)c1cc(CCC(=O)C2=CC=CC2)cc(C(C)(C)C)c1CN.CC(C)(C)c1cc(CCC(=O)C2=CC=CC2)ccc1O.CC(C)c1cc(CCC(=O)C2=CC=CC2)ccc1O.Cc1cc(CCC(=O)C2=CC=CC2)ccc1O.O=C(CCc1cc(C2CC2)c(F)c(C2CC2)c1)C1=CC=CC1.O=C(CCc1cc(C2CC2)c(O)c(C2CC2)c1)C1=CC=CC1.O=C(CCc1ccc(O)c(C2CC2)c1)C1=CC=CC1. The van der Waals surface area contributed by atoms with Crippen LogP contribution in [0.3, 0.4) is 0 Å². The maximum absolute atomic E-state index is 14.6. The van der Waals surface area contributed by atoms with Gasteiger partial charge in [-0.1, -0.05) is 289 Å². The fourth-order valence-electron chi connectivity index (χ4n) is 19.4. The van der Waals surface area contributed by atoms with Crippen molar-refractivity contribution >= 4 is 40.5 Å². The molecule has 0 spiro atoms.